The molecule has 0 aromatic heterocycles. The van der Waals surface area contributed by atoms with Crippen molar-refractivity contribution in [1.82, 2.24) is 15.5 Å². The van der Waals surface area contributed by atoms with Crippen LogP contribution in [0.4, 0.5) is 9.18 Å². The van der Waals surface area contributed by atoms with E-state index in [0.717, 1.165) is 10.5 Å². The van der Waals surface area contributed by atoms with Gasteiger partial charge in [0, 0.05) is 6.54 Å². The van der Waals surface area contributed by atoms with Gasteiger partial charge in [-0.2, -0.15) is 0 Å². The number of nitrogens with one attached hydrogen (secondary N) is 2. The molecule has 1 aliphatic rings. The SMILES string of the molecule is CCC1(c2ccc(F)cc2)NC(=O)N(CC(=O)NCc2ccccc2)C1=O. The first-order valence-electron chi connectivity index (χ1n) is 8.67. The highest BCUT2D eigenvalue weighted by Gasteiger charge is 2.51. The zero-order valence-corrected chi connectivity index (χ0v) is 14.9. The van der Waals surface area contributed by atoms with Gasteiger partial charge < -0.3 is 10.6 Å². The third-order valence-corrected chi connectivity index (χ3v) is 4.68. The van der Waals surface area contributed by atoms with E-state index in [1.165, 1.54) is 24.3 Å². The molecule has 1 saturated heterocycles. The predicted molar refractivity (Wildman–Crippen MR) is 96.9 cm³/mol. The Morgan fingerprint density at radius 2 is 1.78 bits per heavy atom. The second-order valence-electron chi connectivity index (χ2n) is 6.35. The third kappa shape index (κ3) is 3.67. The first kappa shape index (κ1) is 18.6. The van der Waals surface area contributed by atoms with Crippen molar-refractivity contribution in [3.63, 3.8) is 0 Å². The molecule has 3 rings (SSSR count). The first-order chi connectivity index (χ1) is 13.0. The van der Waals surface area contributed by atoms with E-state index >= 15 is 0 Å². The molecule has 0 radical (unpaired) electrons. The molecular weight excluding hydrogens is 349 g/mol. The minimum absolute atomic E-state index is 0.283. The van der Waals surface area contributed by atoms with Crippen LogP contribution in [0, 0.1) is 5.82 Å². The van der Waals surface area contributed by atoms with Crippen LogP contribution in [0.2, 0.25) is 0 Å². The summed E-state index contributed by atoms with van der Waals surface area (Å²) in [5.74, 6) is -1.39. The lowest BCUT2D eigenvalue weighted by molar-refractivity contribution is -0.135. The number of nitrogens with zero attached hydrogens (tertiary/aromatic N) is 1. The van der Waals surface area contributed by atoms with E-state index in [2.05, 4.69) is 10.6 Å². The molecule has 2 aromatic rings. The molecule has 1 fully saturated rings. The van der Waals surface area contributed by atoms with Crippen molar-refractivity contribution in [3.05, 3.63) is 71.5 Å². The molecule has 0 spiro atoms. The third-order valence-electron chi connectivity index (χ3n) is 4.68. The molecule has 0 saturated carbocycles. The smallest absolute Gasteiger partial charge is 0.325 e. The van der Waals surface area contributed by atoms with Crippen molar-refractivity contribution in [2.24, 2.45) is 0 Å². The Balaban J connectivity index is 1.71. The second kappa shape index (κ2) is 7.57. The lowest BCUT2D eigenvalue weighted by Crippen LogP contribution is -2.44. The average molecular weight is 369 g/mol. The normalized spacial score (nSPS) is 19.1. The highest BCUT2D eigenvalue weighted by Crippen LogP contribution is 2.32. The van der Waals surface area contributed by atoms with Crippen LogP contribution in [0.1, 0.15) is 24.5 Å². The van der Waals surface area contributed by atoms with Gasteiger partial charge in [0.05, 0.1) is 0 Å². The number of benzene rings is 2. The molecule has 4 amide bonds. The number of halogens is 1. The van der Waals surface area contributed by atoms with Gasteiger partial charge in [0.15, 0.2) is 0 Å². The lowest BCUT2D eigenvalue weighted by Gasteiger charge is -2.25. The van der Waals surface area contributed by atoms with Crippen LogP contribution in [0.3, 0.4) is 0 Å². The molecule has 0 bridgehead atoms. The largest absolute Gasteiger partial charge is 0.350 e. The van der Waals surface area contributed by atoms with Crippen LogP contribution >= 0.6 is 0 Å². The van der Waals surface area contributed by atoms with E-state index in [9.17, 15) is 18.8 Å². The topological polar surface area (TPSA) is 78.5 Å². The Morgan fingerprint density at radius 1 is 1.11 bits per heavy atom. The zero-order chi connectivity index (χ0) is 19.4. The number of carbonyl (C=O) groups is 3. The molecule has 7 heteroatoms. The molecule has 27 heavy (non-hydrogen) atoms. The lowest BCUT2D eigenvalue weighted by atomic mass is 9.87. The summed E-state index contributed by atoms with van der Waals surface area (Å²) in [5.41, 5.74) is 0.110. The summed E-state index contributed by atoms with van der Waals surface area (Å²) in [4.78, 5) is 38.4. The van der Waals surface area contributed by atoms with E-state index in [1.54, 1.807) is 6.92 Å². The summed E-state index contributed by atoms with van der Waals surface area (Å²) in [7, 11) is 0. The van der Waals surface area contributed by atoms with E-state index in [0.29, 0.717) is 12.1 Å². The Bertz CT molecular complexity index is 855. The molecule has 1 unspecified atom stereocenters. The van der Waals surface area contributed by atoms with E-state index in [1.807, 2.05) is 30.3 Å². The van der Waals surface area contributed by atoms with Gasteiger partial charge in [0.2, 0.25) is 5.91 Å². The van der Waals surface area contributed by atoms with Gasteiger partial charge in [-0.05, 0) is 29.7 Å². The van der Waals surface area contributed by atoms with Crippen molar-refractivity contribution in [2.45, 2.75) is 25.4 Å². The number of hydrogen-bond donors (Lipinski definition) is 2. The second-order valence-corrected chi connectivity index (χ2v) is 6.35. The molecule has 1 atom stereocenters. The molecule has 1 aliphatic heterocycles. The Morgan fingerprint density at radius 3 is 2.41 bits per heavy atom. The molecule has 140 valence electrons. The van der Waals surface area contributed by atoms with Crippen LogP contribution in [0.25, 0.3) is 0 Å². The summed E-state index contributed by atoms with van der Waals surface area (Å²) in [5, 5.41) is 5.36. The number of amides is 4. The Kier molecular flexibility index (Phi) is 5.21. The number of imide groups is 1. The molecule has 0 aliphatic carbocycles. The van der Waals surface area contributed by atoms with Gasteiger partial charge in [-0.1, -0.05) is 49.4 Å². The van der Waals surface area contributed by atoms with Crippen molar-refractivity contribution in [1.29, 1.82) is 0 Å². The van der Waals surface area contributed by atoms with E-state index < -0.39 is 29.2 Å². The molecular formula is C20H20FN3O3. The number of rotatable bonds is 6. The van der Waals surface area contributed by atoms with Gasteiger partial charge in [-0.3, -0.25) is 14.5 Å². The van der Waals surface area contributed by atoms with Crippen LogP contribution < -0.4 is 10.6 Å². The van der Waals surface area contributed by atoms with Gasteiger partial charge in [-0.25, -0.2) is 9.18 Å². The maximum Gasteiger partial charge on any atom is 0.325 e. The number of hydrogen-bond acceptors (Lipinski definition) is 3. The van der Waals surface area contributed by atoms with Crippen LogP contribution in [-0.4, -0.2) is 29.3 Å². The summed E-state index contributed by atoms with van der Waals surface area (Å²) in [6.45, 7) is 1.68. The van der Waals surface area contributed by atoms with Gasteiger partial charge in [0.25, 0.3) is 5.91 Å². The van der Waals surface area contributed by atoms with Crippen molar-refractivity contribution < 1.29 is 18.8 Å². The summed E-state index contributed by atoms with van der Waals surface area (Å²) >= 11 is 0. The summed E-state index contributed by atoms with van der Waals surface area (Å²) < 4.78 is 13.2. The van der Waals surface area contributed by atoms with Gasteiger partial charge >= 0.3 is 6.03 Å². The van der Waals surface area contributed by atoms with Gasteiger partial charge in [0.1, 0.15) is 17.9 Å². The van der Waals surface area contributed by atoms with Crippen molar-refractivity contribution in [2.75, 3.05) is 6.54 Å². The van der Waals surface area contributed by atoms with Crippen LogP contribution in [-0.2, 0) is 21.7 Å². The molecule has 1 heterocycles. The van der Waals surface area contributed by atoms with E-state index in [-0.39, 0.29) is 13.0 Å². The quantitative estimate of drug-likeness (QED) is 0.767. The fourth-order valence-corrected chi connectivity index (χ4v) is 3.14. The zero-order valence-electron chi connectivity index (χ0n) is 14.9. The molecule has 2 aromatic carbocycles. The van der Waals surface area contributed by atoms with Crippen molar-refractivity contribution in [3.8, 4) is 0 Å². The maximum atomic E-state index is 13.2. The van der Waals surface area contributed by atoms with E-state index in [4.69, 9.17) is 0 Å². The monoisotopic (exact) mass is 369 g/mol. The standard InChI is InChI=1S/C20H20FN3O3/c1-2-20(15-8-10-16(21)11-9-15)18(26)24(19(27)23-20)13-17(25)22-12-14-6-4-3-5-7-14/h3-11H,2,12-13H2,1H3,(H,22,25)(H,23,27). The minimum atomic E-state index is -1.29. The molecule has 6 nitrogen and oxygen atoms in total. The number of urea groups is 1. The fourth-order valence-electron chi connectivity index (χ4n) is 3.14. The van der Waals surface area contributed by atoms with Crippen LogP contribution in [0.5, 0.6) is 0 Å². The maximum absolute atomic E-state index is 13.2. The minimum Gasteiger partial charge on any atom is -0.350 e. The summed E-state index contributed by atoms with van der Waals surface area (Å²) in [6, 6.07) is 14.1. The van der Waals surface area contributed by atoms with Crippen molar-refractivity contribution >= 4 is 17.8 Å². The molecule has 2 N–H and O–H groups in total. The Hall–Kier alpha value is -3.22. The van der Waals surface area contributed by atoms with Gasteiger partial charge in [-0.15, -0.1) is 0 Å². The Labute approximate surface area is 156 Å². The highest BCUT2D eigenvalue weighted by molar-refractivity contribution is 6.09. The highest BCUT2D eigenvalue weighted by atomic mass is 19.1. The van der Waals surface area contributed by atoms with Crippen LogP contribution in [0.15, 0.2) is 54.6 Å². The number of carbonyl (C=O) groups excluding carboxylic acids is 3. The average Bonchev–Trinajstić information content (AvgIpc) is 2.93. The fraction of sp³-hybridized carbons (Fsp3) is 0.250. The first-order valence-corrected chi connectivity index (χ1v) is 8.67. The summed E-state index contributed by atoms with van der Waals surface area (Å²) in [6.07, 6.45) is 0.283. The predicted octanol–water partition coefficient (Wildman–Crippen LogP) is 2.30.